The van der Waals surface area contributed by atoms with Crippen molar-refractivity contribution in [1.82, 2.24) is 20.6 Å². The number of carbonyl (C=O) groups is 2. The number of nitrogens with one attached hydrogen (secondary N) is 2. The van der Waals surface area contributed by atoms with Crippen LogP contribution in [0.5, 0.6) is 0 Å². The molecule has 1 aliphatic heterocycles. The number of amides is 2. The molecule has 7 nitrogen and oxygen atoms in total. The molecule has 0 spiro atoms. The van der Waals surface area contributed by atoms with Crippen molar-refractivity contribution in [2.24, 2.45) is 11.8 Å². The maximum absolute atomic E-state index is 12.7. The normalized spacial score (nSPS) is 27.3. The summed E-state index contributed by atoms with van der Waals surface area (Å²) in [7, 11) is 0. The number of aromatic nitrogens is 2. The van der Waals surface area contributed by atoms with Gasteiger partial charge in [-0.15, -0.1) is 0 Å². The number of nitrogens with zero attached hydrogens (tertiary/aromatic N) is 3. The number of rotatable bonds is 7. The first kappa shape index (κ1) is 20.1. The first-order chi connectivity index (χ1) is 14.2. The van der Waals surface area contributed by atoms with Gasteiger partial charge in [0.2, 0.25) is 17.8 Å². The van der Waals surface area contributed by atoms with Crippen LogP contribution in [-0.4, -0.2) is 47.0 Å². The largest absolute Gasteiger partial charge is 0.354 e. The highest BCUT2D eigenvalue weighted by Crippen LogP contribution is 2.29. The lowest BCUT2D eigenvalue weighted by Crippen LogP contribution is -2.50. The van der Waals surface area contributed by atoms with Crippen molar-refractivity contribution >= 4 is 17.8 Å². The number of anilines is 1. The predicted octanol–water partition coefficient (Wildman–Crippen LogP) is 2.43. The third kappa shape index (κ3) is 5.25. The van der Waals surface area contributed by atoms with Crippen LogP contribution in [0, 0.1) is 11.8 Å². The Morgan fingerprint density at radius 1 is 1.00 bits per heavy atom. The van der Waals surface area contributed by atoms with E-state index in [-0.39, 0.29) is 23.9 Å². The number of carbonyl (C=O) groups excluding carboxylic acids is 2. The summed E-state index contributed by atoms with van der Waals surface area (Å²) >= 11 is 0. The Balaban J connectivity index is 1.14. The molecule has 3 fully saturated rings. The molecule has 158 valence electrons. The van der Waals surface area contributed by atoms with Gasteiger partial charge in [0.05, 0.1) is 0 Å². The summed E-state index contributed by atoms with van der Waals surface area (Å²) in [4.78, 5) is 35.5. The fraction of sp³-hybridized carbons (Fsp3) is 0.727. The average molecular weight is 400 g/mol. The lowest BCUT2D eigenvalue weighted by atomic mass is 9.79. The molecule has 1 unspecified atom stereocenters. The molecule has 2 N–H and O–H groups in total. The van der Waals surface area contributed by atoms with E-state index >= 15 is 0 Å². The predicted molar refractivity (Wildman–Crippen MR) is 111 cm³/mol. The Bertz CT molecular complexity index is 686. The zero-order valence-corrected chi connectivity index (χ0v) is 17.2. The summed E-state index contributed by atoms with van der Waals surface area (Å²) in [6, 6.07) is 1.90. The van der Waals surface area contributed by atoms with Crippen LogP contribution in [0.3, 0.4) is 0 Å². The van der Waals surface area contributed by atoms with E-state index in [0.717, 1.165) is 32.2 Å². The molecule has 1 saturated heterocycles. The molecule has 2 heterocycles. The van der Waals surface area contributed by atoms with E-state index in [1.54, 1.807) is 18.5 Å². The van der Waals surface area contributed by atoms with E-state index in [9.17, 15) is 9.59 Å². The minimum absolute atomic E-state index is 0.0692. The fourth-order valence-electron chi connectivity index (χ4n) is 5.04. The van der Waals surface area contributed by atoms with Gasteiger partial charge in [-0.05, 0) is 56.4 Å². The monoisotopic (exact) mass is 399 g/mol. The van der Waals surface area contributed by atoms with E-state index in [2.05, 4.69) is 20.6 Å². The Hall–Kier alpha value is -2.18. The Kier molecular flexibility index (Phi) is 6.62. The first-order valence-electron chi connectivity index (χ1n) is 11.3. The number of hydrogen-bond acceptors (Lipinski definition) is 5. The molecule has 4 rings (SSSR count). The molecule has 1 aromatic heterocycles. The van der Waals surface area contributed by atoms with E-state index in [1.165, 1.54) is 32.1 Å². The Morgan fingerprint density at radius 3 is 2.52 bits per heavy atom. The van der Waals surface area contributed by atoms with Gasteiger partial charge >= 0.3 is 0 Å². The van der Waals surface area contributed by atoms with Crippen molar-refractivity contribution in [1.29, 1.82) is 0 Å². The van der Waals surface area contributed by atoms with Gasteiger partial charge in [-0.3, -0.25) is 9.59 Å². The molecule has 1 aromatic rings. The molecular formula is C22H33N5O2. The summed E-state index contributed by atoms with van der Waals surface area (Å²) < 4.78 is 0. The van der Waals surface area contributed by atoms with E-state index < -0.39 is 0 Å². The van der Waals surface area contributed by atoms with Gasteiger partial charge in [0, 0.05) is 37.9 Å². The first-order valence-corrected chi connectivity index (χ1v) is 11.3. The van der Waals surface area contributed by atoms with Gasteiger partial charge in [0.1, 0.15) is 6.04 Å². The second-order valence-corrected chi connectivity index (χ2v) is 8.96. The molecule has 29 heavy (non-hydrogen) atoms. The molecule has 7 heteroatoms. The molecular weight excluding hydrogens is 366 g/mol. The smallest absolute Gasteiger partial charge is 0.242 e. The van der Waals surface area contributed by atoms with Crippen LogP contribution in [0.4, 0.5) is 5.95 Å². The molecule has 0 aromatic carbocycles. The van der Waals surface area contributed by atoms with Crippen LogP contribution in [0.15, 0.2) is 18.5 Å². The maximum Gasteiger partial charge on any atom is 0.242 e. The topological polar surface area (TPSA) is 87.2 Å². The Labute approximate surface area is 173 Å². The Morgan fingerprint density at radius 2 is 1.76 bits per heavy atom. The highest BCUT2D eigenvalue weighted by atomic mass is 16.2. The highest BCUT2D eigenvalue weighted by Gasteiger charge is 2.35. The molecule has 0 radical (unpaired) electrons. The molecule has 2 saturated carbocycles. The summed E-state index contributed by atoms with van der Waals surface area (Å²) in [5.41, 5.74) is 0. The highest BCUT2D eigenvalue weighted by molar-refractivity contribution is 5.85. The summed E-state index contributed by atoms with van der Waals surface area (Å²) in [6.45, 7) is 1.51. The fourth-order valence-corrected chi connectivity index (χ4v) is 5.04. The zero-order chi connectivity index (χ0) is 20.1. The molecule has 3 aliphatic rings. The van der Waals surface area contributed by atoms with Crippen molar-refractivity contribution in [2.45, 2.75) is 76.3 Å². The van der Waals surface area contributed by atoms with Crippen molar-refractivity contribution in [3.63, 3.8) is 0 Å². The summed E-state index contributed by atoms with van der Waals surface area (Å²) in [5, 5.41) is 6.31. The van der Waals surface area contributed by atoms with Crippen LogP contribution in [0.2, 0.25) is 0 Å². The van der Waals surface area contributed by atoms with Crippen molar-refractivity contribution in [2.75, 3.05) is 18.0 Å². The van der Waals surface area contributed by atoms with Crippen LogP contribution >= 0.6 is 0 Å². The van der Waals surface area contributed by atoms with E-state index in [1.807, 2.05) is 4.90 Å². The van der Waals surface area contributed by atoms with Crippen molar-refractivity contribution < 1.29 is 9.59 Å². The quantitative estimate of drug-likeness (QED) is 0.735. The maximum atomic E-state index is 12.7. The minimum atomic E-state index is -0.177. The van der Waals surface area contributed by atoms with Gasteiger partial charge in [0.15, 0.2) is 0 Å². The number of hydrogen-bond donors (Lipinski definition) is 2. The second-order valence-electron chi connectivity index (χ2n) is 8.96. The van der Waals surface area contributed by atoms with E-state index in [0.29, 0.717) is 30.7 Å². The van der Waals surface area contributed by atoms with E-state index in [4.69, 9.17) is 0 Å². The van der Waals surface area contributed by atoms with Gasteiger partial charge in [-0.1, -0.05) is 19.3 Å². The van der Waals surface area contributed by atoms with Crippen LogP contribution in [0.1, 0.15) is 64.2 Å². The molecule has 2 aliphatic carbocycles. The zero-order valence-electron chi connectivity index (χ0n) is 17.2. The van der Waals surface area contributed by atoms with Crippen LogP contribution in [-0.2, 0) is 9.59 Å². The SMILES string of the molecule is O=C(CC1CCCCC1)NC1CC(CNC(=O)C2CCCN2c2ncccn2)C1. The summed E-state index contributed by atoms with van der Waals surface area (Å²) in [5.74, 6) is 1.96. The van der Waals surface area contributed by atoms with Gasteiger partial charge < -0.3 is 15.5 Å². The van der Waals surface area contributed by atoms with Crippen molar-refractivity contribution in [3.8, 4) is 0 Å². The minimum Gasteiger partial charge on any atom is -0.354 e. The molecule has 2 amide bonds. The van der Waals surface area contributed by atoms with Crippen LogP contribution in [0.25, 0.3) is 0 Å². The third-order valence-corrected chi connectivity index (χ3v) is 6.73. The molecule has 0 bridgehead atoms. The summed E-state index contributed by atoms with van der Waals surface area (Å²) in [6.07, 6.45) is 14.2. The molecule has 1 atom stereocenters. The average Bonchev–Trinajstić information content (AvgIpc) is 3.21. The van der Waals surface area contributed by atoms with Gasteiger partial charge in [-0.2, -0.15) is 0 Å². The van der Waals surface area contributed by atoms with Gasteiger partial charge in [-0.25, -0.2) is 9.97 Å². The third-order valence-electron chi connectivity index (χ3n) is 6.73. The van der Waals surface area contributed by atoms with Crippen LogP contribution < -0.4 is 15.5 Å². The van der Waals surface area contributed by atoms with Crippen molar-refractivity contribution in [3.05, 3.63) is 18.5 Å². The lowest BCUT2D eigenvalue weighted by molar-refractivity contribution is -0.125. The standard InChI is InChI=1S/C22H33N5O2/c28-20(14-16-6-2-1-3-7-16)26-18-12-17(13-18)15-25-21(29)19-8-4-11-27(19)22-23-9-5-10-24-22/h5,9-10,16-19H,1-4,6-8,11-15H2,(H,25,29)(H,26,28). The lowest BCUT2D eigenvalue weighted by Gasteiger charge is -2.36. The second kappa shape index (κ2) is 9.55. The van der Waals surface area contributed by atoms with Gasteiger partial charge in [0.25, 0.3) is 0 Å².